The highest BCUT2D eigenvalue weighted by molar-refractivity contribution is 7.85. The average molecular weight is 398 g/mol. The summed E-state index contributed by atoms with van der Waals surface area (Å²) in [4.78, 5) is -0.221. The van der Waals surface area contributed by atoms with Crippen LogP contribution in [0.1, 0.15) is 5.56 Å². The molecule has 0 aromatic heterocycles. The predicted molar refractivity (Wildman–Crippen MR) is 86.7 cm³/mol. The van der Waals surface area contributed by atoms with Gasteiger partial charge in [0, 0.05) is 0 Å². The van der Waals surface area contributed by atoms with Crippen LogP contribution in [0.25, 0.3) is 10.8 Å². The SMILES string of the molecule is O=S(=O)(O)OCCc1ccc2ccc(S(=O)(=O)O)cc2c1.O=[SH2]=O. The van der Waals surface area contributed by atoms with Gasteiger partial charge in [-0.1, -0.05) is 24.3 Å². The number of hydrogen-bond donors (Lipinski definition) is 2. The molecule has 0 unspecified atom stereocenters. The monoisotopic (exact) mass is 398 g/mol. The second-order valence-electron chi connectivity index (χ2n) is 4.40. The Kier molecular flexibility index (Phi) is 7.26. The van der Waals surface area contributed by atoms with E-state index in [-0.39, 0.29) is 17.9 Å². The third kappa shape index (κ3) is 6.90. The maximum Gasteiger partial charge on any atom is 0.397 e. The zero-order valence-electron chi connectivity index (χ0n) is 11.9. The van der Waals surface area contributed by atoms with Crippen LogP contribution < -0.4 is 0 Å². The molecule has 2 aromatic carbocycles. The van der Waals surface area contributed by atoms with E-state index in [0.717, 1.165) is 5.39 Å². The first-order chi connectivity index (χ1) is 11.1. The van der Waals surface area contributed by atoms with Crippen molar-refractivity contribution in [2.75, 3.05) is 6.61 Å². The summed E-state index contributed by atoms with van der Waals surface area (Å²) in [5.41, 5.74) is 0.693. The van der Waals surface area contributed by atoms with E-state index in [4.69, 9.17) is 17.5 Å². The van der Waals surface area contributed by atoms with E-state index >= 15 is 0 Å². The van der Waals surface area contributed by atoms with Gasteiger partial charge in [-0.25, -0.2) is 12.6 Å². The van der Waals surface area contributed by atoms with Gasteiger partial charge in [0.05, 0.1) is 11.5 Å². The van der Waals surface area contributed by atoms with Crippen molar-refractivity contribution in [1.29, 1.82) is 0 Å². The summed E-state index contributed by atoms with van der Waals surface area (Å²) in [6.45, 7) is -0.234. The Morgan fingerprint density at radius 2 is 1.50 bits per heavy atom. The molecule has 0 bridgehead atoms. The van der Waals surface area contributed by atoms with Crippen molar-refractivity contribution in [3.05, 3.63) is 42.0 Å². The smallest absolute Gasteiger partial charge is 0.282 e. The summed E-state index contributed by atoms with van der Waals surface area (Å²) >= 11 is -1.42. The average Bonchev–Trinajstić information content (AvgIpc) is 2.45. The first-order valence-corrected chi connectivity index (χ1v) is 9.80. The Bertz CT molecular complexity index is 958. The van der Waals surface area contributed by atoms with Gasteiger partial charge in [-0.2, -0.15) is 16.8 Å². The molecule has 134 valence electrons. The fraction of sp³-hybridized carbons (Fsp3) is 0.167. The van der Waals surface area contributed by atoms with Gasteiger partial charge in [0.2, 0.25) is 0 Å². The van der Waals surface area contributed by atoms with Crippen LogP contribution in [-0.4, -0.2) is 41.0 Å². The maximum atomic E-state index is 11.1. The summed E-state index contributed by atoms with van der Waals surface area (Å²) in [5, 5.41) is 1.34. The van der Waals surface area contributed by atoms with Crippen molar-refractivity contribution >= 4 is 42.9 Å². The molecule has 0 radical (unpaired) electrons. The molecule has 0 aliphatic carbocycles. The fourth-order valence-electron chi connectivity index (χ4n) is 1.86. The highest BCUT2D eigenvalue weighted by Crippen LogP contribution is 2.21. The van der Waals surface area contributed by atoms with Crippen LogP contribution in [0.5, 0.6) is 0 Å². The van der Waals surface area contributed by atoms with Crippen LogP contribution in [-0.2, 0) is 42.7 Å². The molecule has 0 saturated carbocycles. The summed E-state index contributed by atoms with van der Waals surface area (Å²) in [6, 6.07) is 9.26. The van der Waals surface area contributed by atoms with Gasteiger partial charge in [-0.05, 0) is 34.9 Å². The first kappa shape index (κ1) is 20.5. The van der Waals surface area contributed by atoms with Crippen LogP contribution in [0.15, 0.2) is 41.3 Å². The minimum absolute atomic E-state index is 0.214. The largest absolute Gasteiger partial charge is 0.397 e. The minimum atomic E-state index is -4.48. The number of benzene rings is 2. The van der Waals surface area contributed by atoms with Crippen molar-refractivity contribution in [2.45, 2.75) is 11.3 Å². The molecule has 9 nitrogen and oxygen atoms in total. The molecular formula is C12H14O9S3. The second-order valence-corrected chi connectivity index (χ2v) is 7.08. The van der Waals surface area contributed by atoms with Gasteiger partial charge in [0.1, 0.15) is 11.6 Å². The molecule has 0 saturated heterocycles. The normalized spacial score (nSPS) is 11.8. The highest BCUT2D eigenvalue weighted by Gasteiger charge is 2.10. The molecule has 0 atom stereocenters. The highest BCUT2D eigenvalue weighted by atomic mass is 32.3. The molecule has 2 aromatic rings. The molecule has 0 amide bonds. The lowest BCUT2D eigenvalue weighted by atomic mass is 10.1. The third-order valence-electron chi connectivity index (χ3n) is 2.80. The molecule has 0 aliphatic rings. The fourth-order valence-corrected chi connectivity index (χ4v) is 2.66. The molecule has 2 N–H and O–H groups in total. The quantitative estimate of drug-likeness (QED) is 0.675. The van der Waals surface area contributed by atoms with Crippen LogP contribution in [0.4, 0.5) is 0 Å². The minimum Gasteiger partial charge on any atom is -0.282 e. The van der Waals surface area contributed by atoms with Gasteiger partial charge >= 0.3 is 10.4 Å². The number of fused-ring (bicyclic) bond motifs is 1. The Morgan fingerprint density at radius 1 is 0.917 bits per heavy atom. The molecule has 2 rings (SSSR count). The third-order valence-corrected chi connectivity index (χ3v) is 4.11. The van der Waals surface area contributed by atoms with Gasteiger partial charge in [-0.3, -0.25) is 9.11 Å². The van der Waals surface area contributed by atoms with Crippen molar-refractivity contribution in [3.8, 4) is 0 Å². The lowest BCUT2D eigenvalue weighted by molar-refractivity contribution is 0.272. The van der Waals surface area contributed by atoms with Crippen LogP contribution in [0.3, 0.4) is 0 Å². The molecular weight excluding hydrogens is 384 g/mol. The Hall–Kier alpha value is -1.57. The van der Waals surface area contributed by atoms with Crippen molar-refractivity contribution in [1.82, 2.24) is 0 Å². The molecule has 0 aliphatic heterocycles. The van der Waals surface area contributed by atoms with Crippen LogP contribution >= 0.6 is 0 Å². The topological polar surface area (TPSA) is 152 Å². The summed E-state index contributed by atoms with van der Waals surface area (Å²) in [7, 11) is -8.76. The zero-order chi connectivity index (χ0) is 18.4. The molecule has 0 heterocycles. The van der Waals surface area contributed by atoms with Crippen molar-refractivity contribution in [3.63, 3.8) is 0 Å². The van der Waals surface area contributed by atoms with Crippen LogP contribution in [0, 0.1) is 0 Å². The van der Waals surface area contributed by atoms with E-state index in [9.17, 15) is 16.8 Å². The number of hydrogen-bond acceptors (Lipinski definition) is 7. The van der Waals surface area contributed by atoms with E-state index in [1.807, 2.05) is 0 Å². The van der Waals surface area contributed by atoms with E-state index in [0.29, 0.717) is 10.9 Å². The zero-order valence-corrected chi connectivity index (χ0v) is 14.6. The van der Waals surface area contributed by atoms with Crippen LogP contribution in [0.2, 0.25) is 0 Å². The van der Waals surface area contributed by atoms with E-state index in [2.05, 4.69) is 4.18 Å². The summed E-state index contributed by atoms with van der Waals surface area (Å²) in [6.07, 6.45) is 0.214. The summed E-state index contributed by atoms with van der Waals surface area (Å²) < 4.78 is 81.5. The van der Waals surface area contributed by atoms with Crippen molar-refractivity contribution in [2.24, 2.45) is 0 Å². The molecule has 0 fully saturated rings. The Balaban J connectivity index is 0.000000891. The van der Waals surface area contributed by atoms with E-state index in [1.165, 1.54) is 12.1 Å². The maximum absolute atomic E-state index is 11.1. The summed E-state index contributed by atoms with van der Waals surface area (Å²) in [5.74, 6) is 0. The lowest BCUT2D eigenvalue weighted by Gasteiger charge is -2.05. The van der Waals surface area contributed by atoms with Gasteiger partial charge < -0.3 is 0 Å². The first-order valence-electron chi connectivity index (χ1n) is 6.18. The standard InChI is InChI=1S/C12H12O7S2.H2O2S/c13-20(14,15)12-4-3-10-2-1-9(7-11(10)8-12)5-6-19-21(16,17)18;1-3-2/h1-4,7-8H,5-6H2,(H,13,14,15)(H,16,17,18);3H2. The van der Waals surface area contributed by atoms with Gasteiger partial charge in [-0.15, -0.1) is 0 Å². The Morgan fingerprint density at radius 3 is 2.04 bits per heavy atom. The predicted octanol–water partition coefficient (Wildman–Crippen LogP) is 0.243. The second kappa shape index (κ2) is 8.50. The Labute approximate surface area is 141 Å². The lowest BCUT2D eigenvalue weighted by Crippen LogP contribution is -2.06. The molecule has 0 spiro atoms. The van der Waals surface area contributed by atoms with E-state index < -0.39 is 32.1 Å². The number of rotatable bonds is 5. The molecule has 12 heteroatoms. The van der Waals surface area contributed by atoms with Gasteiger partial charge in [0.15, 0.2) is 0 Å². The van der Waals surface area contributed by atoms with Crippen molar-refractivity contribution < 1.29 is 38.5 Å². The van der Waals surface area contributed by atoms with Gasteiger partial charge in [0.25, 0.3) is 10.1 Å². The molecule has 24 heavy (non-hydrogen) atoms. The van der Waals surface area contributed by atoms with E-state index in [1.54, 1.807) is 24.3 Å².